The molecular formula is C19H17ClN3O3+. The van der Waals surface area contributed by atoms with Crippen molar-refractivity contribution in [2.45, 2.75) is 25.7 Å². The fourth-order valence-electron chi connectivity index (χ4n) is 3.83. The Balaban J connectivity index is 1.72. The van der Waals surface area contributed by atoms with Crippen molar-refractivity contribution in [3.05, 3.63) is 50.9 Å². The number of nitrogens with one attached hydrogen (secondary N) is 3. The van der Waals surface area contributed by atoms with Crippen molar-refractivity contribution >= 4 is 34.0 Å². The molecule has 0 fully saturated rings. The summed E-state index contributed by atoms with van der Waals surface area (Å²) in [5, 5.41) is 4.95. The molecule has 7 heteroatoms. The minimum Gasteiger partial charge on any atom is -0.454 e. The predicted molar refractivity (Wildman–Crippen MR) is 98.6 cm³/mol. The van der Waals surface area contributed by atoms with E-state index in [0.717, 1.165) is 47.9 Å². The number of aromatic nitrogens is 2. The molecule has 0 amide bonds. The van der Waals surface area contributed by atoms with Crippen molar-refractivity contribution in [1.82, 2.24) is 4.98 Å². The molecule has 3 aromatic rings. The highest BCUT2D eigenvalue weighted by molar-refractivity contribution is 6.34. The van der Waals surface area contributed by atoms with Gasteiger partial charge in [-0.05, 0) is 43.4 Å². The highest BCUT2D eigenvalue weighted by Crippen LogP contribution is 2.45. The Morgan fingerprint density at radius 3 is 2.85 bits per heavy atom. The maximum atomic E-state index is 12.4. The van der Waals surface area contributed by atoms with Gasteiger partial charge in [0.1, 0.15) is 5.69 Å². The first-order valence-electron chi connectivity index (χ1n) is 8.66. The van der Waals surface area contributed by atoms with Crippen LogP contribution in [0.5, 0.6) is 11.5 Å². The molecule has 0 radical (unpaired) electrons. The Hall–Kier alpha value is -2.73. The zero-order valence-corrected chi connectivity index (χ0v) is 14.7. The lowest BCUT2D eigenvalue weighted by Crippen LogP contribution is -2.23. The summed E-state index contributed by atoms with van der Waals surface area (Å²) < 4.78 is 11.0. The van der Waals surface area contributed by atoms with Crippen molar-refractivity contribution in [3.8, 4) is 11.5 Å². The smallest absolute Gasteiger partial charge is 0.335 e. The molecule has 1 aliphatic heterocycles. The van der Waals surface area contributed by atoms with Crippen LogP contribution in [-0.4, -0.2) is 11.8 Å². The number of aromatic amines is 2. The van der Waals surface area contributed by atoms with Crippen molar-refractivity contribution in [1.29, 1.82) is 0 Å². The number of rotatable bonds is 2. The first kappa shape index (κ1) is 15.5. The quantitative estimate of drug-likeness (QED) is 0.725. The van der Waals surface area contributed by atoms with Crippen LogP contribution in [0.15, 0.2) is 29.2 Å². The Labute approximate surface area is 154 Å². The molecule has 3 N–H and O–H groups in total. The molecule has 0 bridgehead atoms. The van der Waals surface area contributed by atoms with E-state index in [1.54, 1.807) is 18.3 Å². The van der Waals surface area contributed by atoms with E-state index in [1.807, 2.05) is 6.07 Å². The summed E-state index contributed by atoms with van der Waals surface area (Å²) >= 11 is 6.41. The van der Waals surface area contributed by atoms with E-state index in [1.165, 1.54) is 0 Å². The second-order valence-electron chi connectivity index (χ2n) is 6.54. The van der Waals surface area contributed by atoms with Crippen LogP contribution in [0.1, 0.15) is 24.0 Å². The number of hydrogen-bond donors (Lipinski definition) is 2. The van der Waals surface area contributed by atoms with Gasteiger partial charge >= 0.3 is 5.56 Å². The lowest BCUT2D eigenvalue weighted by molar-refractivity contribution is -0.347. The highest BCUT2D eigenvalue weighted by atomic mass is 35.5. The Morgan fingerprint density at radius 2 is 1.96 bits per heavy atom. The molecule has 2 aliphatic rings. The van der Waals surface area contributed by atoms with Crippen LogP contribution in [0.2, 0.25) is 5.02 Å². The number of pyridine rings is 2. The van der Waals surface area contributed by atoms with Gasteiger partial charge in [0.15, 0.2) is 11.5 Å². The van der Waals surface area contributed by atoms with Crippen molar-refractivity contribution < 1.29 is 14.5 Å². The molecule has 0 atom stereocenters. The third-order valence-corrected chi connectivity index (χ3v) is 5.34. The average Bonchev–Trinajstić information content (AvgIpc) is 3.13. The number of fused-ring (bicyclic) bond motifs is 4. The minimum atomic E-state index is -0.00373. The van der Waals surface area contributed by atoms with Gasteiger partial charge in [-0.2, -0.15) is 0 Å². The first-order chi connectivity index (χ1) is 12.7. The maximum Gasteiger partial charge on any atom is 0.335 e. The Kier molecular flexibility index (Phi) is 3.53. The van der Waals surface area contributed by atoms with E-state index in [4.69, 9.17) is 21.1 Å². The number of aryl methyl sites for hydroxylation is 1. The molecule has 132 valence electrons. The van der Waals surface area contributed by atoms with Gasteiger partial charge in [0.05, 0.1) is 22.3 Å². The van der Waals surface area contributed by atoms with Crippen molar-refractivity contribution in [2.24, 2.45) is 0 Å². The van der Waals surface area contributed by atoms with Gasteiger partial charge in [-0.25, -0.2) is 14.8 Å². The number of H-pyrrole nitrogens is 2. The van der Waals surface area contributed by atoms with E-state index >= 15 is 0 Å². The van der Waals surface area contributed by atoms with Crippen LogP contribution in [0.25, 0.3) is 11.0 Å². The number of anilines is 2. The number of benzene rings is 1. The van der Waals surface area contributed by atoms with Crippen LogP contribution in [-0.2, 0) is 12.8 Å². The molecule has 2 aromatic heterocycles. The zero-order chi connectivity index (χ0) is 17.7. The van der Waals surface area contributed by atoms with Gasteiger partial charge in [0.2, 0.25) is 6.79 Å². The van der Waals surface area contributed by atoms with Crippen molar-refractivity contribution in [3.63, 3.8) is 0 Å². The monoisotopic (exact) mass is 370 g/mol. The molecule has 5 rings (SSSR count). The summed E-state index contributed by atoms with van der Waals surface area (Å²) in [5.74, 6) is 1.27. The molecular weight excluding hydrogens is 354 g/mol. The number of hydrogen-bond acceptors (Lipinski definition) is 4. The summed E-state index contributed by atoms with van der Waals surface area (Å²) in [6, 6.07) is 5.53. The summed E-state index contributed by atoms with van der Waals surface area (Å²) in [6.07, 6.45) is 5.63. The molecule has 6 nitrogen and oxygen atoms in total. The van der Waals surface area contributed by atoms with Crippen LogP contribution < -0.4 is 25.3 Å². The summed E-state index contributed by atoms with van der Waals surface area (Å²) in [7, 11) is 0. The SMILES string of the molecule is O=c1[nH]c2[nH+]ccc(Nc3c(Cl)ccc4c3OCO4)c2c2c1CCCC2. The second kappa shape index (κ2) is 5.92. The summed E-state index contributed by atoms with van der Waals surface area (Å²) in [4.78, 5) is 18.5. The number of ether oxygens (including phenoxy) is 2. The second-order valence-corrected chi connectivity index (χ2v) is 6.95. The minimum absolute atomic E-state index is 0.00373. The summed E-state index contributed by atoms with van der Waals surface area (Å²) in [6.45, 7) is 0.177. The van der Waals surface area contributed by atoms with E-state index in [9.17, 15) is 4.79 Å². The molecule has 1 aromatic carbocycles. The molecule has 3 heterocycles. The number of halogens is 1. The van der Waals surface area contributed by atoms with Crippen LogP contribution in [0.3, 0.4) is 0 Å². The van der Waals surface area contributed by atoms with Gasteiger partial charge in [-0.1, -0.05) is 11.6 Å². The van der Waals surface area contributed by atoms with Crippen LogP contribution in [0.4, 0.5) is 11.4 Å². The van der Waals surface area contributed by atoms with E-state index < -0.39 is 0 Å². The molecule has 0 saturated carbocycles. The van der Waals surface area contributed by atoms with Gasteiger partial charge in [0, 0.05) is 11.6 Å². The van der Waals surface area contributed by atoms with Crippen LogP contribution >= 0.6 is 11.6 Å². The van der Waals surface area contributed by atoms with Gasteiger partial charge in [0.25, 0.3) is 5.65 Å². The van der Waals surface area contributed by atoms with E-state index in [0.29, 0.717) is 27.9 Å². The van der Waals surface area contributed by atoms with Gasteiger partial charge < -0.3 is 14.8 Å². The fourth-order valence-corrected chi connectivity index (χ4v) is 4.03. The fraction of sp³-hybridized carbons (Fsp3) is 0.263. The average molecular weight is 371 g/mol. The first-order valence-corrected chi connectivity index (χ1v) is 9.04. The Bertz CT molecular complexity index is 1090. The maximum absolute atomic E-state index is 12.4. The normalized spacial score (nSPS) is 15.1. The zero-order valence-electron chi connectivity index (χ0n) is 13.9. The topological polar surface area (TPSA) is 77.5 Å². The molecule has 0 saturated heterocycles. The molecule has 0 unspecified atom stereocenters. The predicted octanol–water partition coefficient (Wildman–Crippen LogP) is 3.35. The molecule has 1 aliphatic carbocycles. The lowest BCUT2D eigenvalue weighted by atomic mass is 9.90. The third-order valence-electron chi connectivity index (χ3n) is 5.03. The lowest BCUT2D eigenvalue weighted by Gasteiger charge is -2.17. The standard InChI is InChI=1S/C19H16ClN3O3/c20-12-5-6-14-17(26-9-25-14)16(12)22-13-7-8-21-18-15(13)10-3-1-2-4-11(10)19(24)23-18/h5-8H,1-4,9H2,(H2,21,22,23,24)/p+1. The Morgan fingerprint density at radius 1 is 1.12 bits per heavy atom. The van der Waals surface area contributed by atoms with E-state index in [2.05, 4.69) is 15.3 Å². The van der Waals surface area contributed by atoms with Crippen LogP contribution in [0, 0.1) is 0 Å². The molecule has 0 spiro atoms. The largest absolute Gasteiger partial charge is 0.454 e. The molecule has 26 heavy (non-hydrogen) atoms. The van der Waals surface area contributed by atoms with Gasteiger partial charge in [-0.15, -0.1) is 0 Å². The summed E-state index contributed by atoms with van der Waals surface area (Å²) in [5.41, 5.74) is 4.24. The van der Waals surface area contributed by atoms with Crippen molar-refractivity contribution in [2.75, 3.05) is 12.1 Å². The van der Waals surface area contributed by atoms with Gasteiger partial charge in [-0.3, -0.25) is 0 Å². The highest BCUT2D eigenvalue weighted by Gasteiger charge is 2.25. The van der Waals surface area contributed by atoms with E-state index in [-0.39, 0.29) is 12.4 Å². The third kappa shape index (κ3) is 2.33.